The van der Waals surface area contributed by atoms with Gasteiger partial charge in [0.1, 0.15) is 18.2 Å². The minimum atomic E-state index is 0.241. The number of hydrogen-bond donors (Lipinski definition) is 2. The van der Waals surface area contributed by atoms with E-state index in [1.54, 1.807) is 7.11 Å². The molecule has 1 aliphatic rings. The Morgan fingerprint density at radius 3 is 3.11 bits per heavy atom. The molecule has 0 radical (unpaired) electrons. The van der Waals surface area contributed by atoms with E-state index in [9.17, 15) is 0 Å². The molecule has 1 aromatic heterocycles. The van der Waals surface area contributed by atoms with Crippen LogP contribution in [0.25, 0.3) is 0 Å². The van der Waals surface area contributed by atoms with Crippen LogP contribution in [0.1, 0.15) is 31.5 Å². The fourth-order valence-electron chi connectivity index (χ4n) is 2.61. The first-order valence-corrected chi connectivity index (χ1v) is 6.74. The van der Waals surface area contributed by atoms with Crippen molar-refractivity contribution in [2.45, 2.75) is 38.3 Å². The molecule has 0 spiro atoms. The molecule has 1 atom stereocenters. The molecule has 1 unspecified atom stereocenters. The smallest absolute Gasteiger partial charge is 0.158 e. The number of aliphatic hydroxyl groups excluding tert-OH is 1. The number of aliphatic hydroxyl groups is 1. The molecule has 0 aliphatic carbocycles. The van der Waals surface area contributed by atoms with Crippen molar-refractivity contribution in [3.63, 3.8) is 0 Å². The van der Waals surface area contributed by atoms with Crippen LogP contribution in [0.3, 0.4) is 0 Å². The molecule has 19 heavy (non-hydrogen) atoms. The van der Waals surface area contributed by atoms with Gasteiger partial charge in [-0.2, -0.15) is 0 Å². The van der Waals surface area contributed by atoms with Crippen LogP contribution in [0.4, 0.5) is 11.6 Å². The van der Waals surface area contributed by atoms with Gasteiger partial charge in [0.15, 0.2) is 5.82 Å². The van der Waals surface area contributed by atoms with E-state index in [0.717, 1.165) is 38.0 Å². The number of hydrogen-bond acceptors (Lipinski definition) is 6. The number of ether oxygens (including phenoxy) is 1. The van der Waals surface area contributed by atoms with Crippen molar-refractivity contribution >= 4 is 11.6 Å². The van der Waals surface area contributed by atoms with Gasteiger partial charge in [-0.25, -0.2) is 9.97 Å². The molecule has 0 amide bonds. The van der Waals surface area contributed by atoms with Gasteiger partial charge >= 0.3 is 0 Å². The van der Waals surface area contributed by atoms with Crippen LogP contribution in [0, 0.1) is 0 Å². The second-order valence-corrected chi connectivity index (χ2v) is 4.86. The third-order valence-corrected chi connectivity index (χ3v) is 3.42. The van der Waals surface area contributed by atoms with Crippen molar-refractivity contribution < 1.29 is 9.84 Å². The Morgan fingerprint density at radius 2 is 2.37 bits per heavy atom. The minimum absolute atomic E-state index is 0.241. The highest BCUT2D eigenvalue weighted by atomic mass is 16.5. The first kappa shape index (κ1) is 14.0. The second-order valence-electron chi connectivity index (χ2n) is 4.86. The Bertz CT molecular complexity index is 414. The van der Waals surface area contributed by atoms with Gasteiger partial charge in [-0.05, 0) is 25.7 Å². The van der Waals surface area contributed by atoms with Crippen molar-refractivity contribution in [3.8, 4) is 0 Å². The Kier molecular flexibility index (Phi) is 4.93. The van der Waals surface area contributed by atoms with Gasteiger partial charge in [0, 0.05) is 32.4 Å². The summed E-state index contributed by atoms with van der Waals surface area (Å²) >= 11 is 0. The molecule has 0 aromatic carbocycles. The molecular weight excluding hydrogens is 244 g/mol. The fourth-order valence-corrected chi connectivity index (χ4v) is 2.61. The van der Waals surface area contributed by atoms with Gasteiger partial charge in [-0.3, -0.25) is 0 Å². The lowest BCUT2D eigenvalue weighted by molar-refractivity contribution is 0.178. The summed E-state index contributed by atoms with van der Waals surface area (Å²) in [5.74, 6) is 1.97. The van der Waals surface area contributed by atoms with E-state index in [4.69, 9.17) is 15.6 Å². The molecule has 0 saturated carbocycles. The van der Waals surface area contributed by atoms with Crippen molar-refractivity contribution in [2.75, 3.05) is 30.9 Å². The highest BCUT2D eigenvalue weighted by Gasteiger charge is 2.25. The Labute approximate surface area is 113 Å². The van der Waals surface area contributed by atoms with Crippen LogP contribution in [-0.4, -0.2) is 41.4 Å². The van der Waals surface area contributed by atoms with Gasteiger partial charge in [-0.1, -0.05) is 0 Å². The molecular formula is C13H22N4O2. The number of rotatable bonds is 6. The van der Waals surface area contributed by atoms with E-state index >= 15 is 0 Å². The van der Waals surface area contributed by atoms with E-state index < -0.39 is 0 Å². The minimum Gasteiger partial charge on any atom is -0.396 e. The van der Waals surface area contributed by atoms with Gasteiger partial charge in [0.25, 0.3) is 0 Å². The number of methoxy groups -OCH3 is 1. The SMILES string of the molecule is COCc1nc(N)cc(N2CCCC2CCCO)n1. The predicted octanol–water partition coefficient (Wildman–Crippen LogP) is 0.947. The van der Waals surface area contributed by atoms with Gasteiger partial charge < -0.3 is 20.5 Å². The summed E-state index contributed by atoms with van der Waals surface area (Å²) in [7, 11) is 1.62. The third-order valence-electron chi connectivity index (χ3n) is 3.42. The molecule has 1 saturated heterocycles. The molecule has 106 valence electrons. The molecule has 1 aromatic rings. The topological polar surface area (TPSA) is 84.5 Å². The molecule has 0 bridgehead atoms. The monoisotopic (exact) mass is 266 g/mol. The molecule has 1 fully saturated rings. The average Bonchev–Trinajstić information content (AvgIpc) is 2.84. The summed E-state index contributed by atoms with van der Waals surface area (Å²) < 4.78 is 5.06. The van der Waals surface area contributed by atoms with E-state index in [1.807, 2.05) is 6.07 Å². The number of aromatic nitrogens is 2. The third kappa shape index (κ3) is 3.54. The summed E-state index contributed by atoms with van der Waals surface area (Å²) in [6.07, 6.45) is 4.11. The van der Waals surface area contributed by atoms with E-state index in [1.165, 1.54) is 0 Å². The van der Waals surface area contributed by atoms with Crippen molar-refractivity contribution in [1.82, 2.24) is 9.97 Å². The predicted molar refractivity (Wildman–Crippen MR) is 73.8 cm³/mol. The first-order valence-electron chi connectivity index (χ1n) is 6.74. The summed E-state index contributed by atoms with van der Waals surface area (Å²) in [4.78, 5) is 10.9. The van der Waals surface area contributed by atoms with Crippen molar-refractivity contribution in [2.24, 2.45) is 0 Å². The summed E-state index contributed by atoms with van der Waals surface area (Å²) in [6.45, 7) is 1.59. The maximum atomic E-state index is 8.96. The zero-order valence-corrected chi connectivity index (χ0v) is 11.4. The lowest BCUT2D eigenvalue weighted by Crippen LogP contribution is -2.30. The zero-order valence-electron chi connectivity index (χ0n) is 11.4. The Hall–Kier alpha value is -1.40. The maximum Gasteiger partial charge on any atom is 0.158 e. The zero-order chi connectivity index (χ0) is 13.7. The van der Waals surface area contributed by atoms with E-state index in [-0.39, 0.29) is 6.61 Å². The summed E-state index contributed by atoms with van der Waals surface area (Å²) in [5.41, 5.74) is 5.83. The van der Waals surface area contributed by atoms with Crippen molar-refractivity contribution in [1.29, 1.82) is 0 Å². The number of anilines is 2. The lowest BCUT2D eigenvalue weighted by Gasteiger charge is -2.26. The maximum absolute atomic E-state index is 8.96. The quantitative estimate of drug-likeness (QED) is 0.797. The lowest BCUT2D eigenvalue weighted by atomic mass is 10.1. The number of nitrogens with two attached hydrogens (primary N) is 1. The molecule has 3 N–H and O–H groups in total. The van der Waals surface area contributed by atoms with Crippen LogP contribution in [0.15, 0.2) is 6.07 Å². The van der Waals surface area contributed by atoms with E-state index in [2.05, 4.69) is 14.9 Å². The van der Waals surface area contributed by atoms with Gasteiger partial charge in [0.05, 0.1) is 0 Å². The van der Waals surface area contributed by atoms with Crippen molar-refractivity contribution in [3.05, 3.63) is 11.9 Å². The standard InChI is InChI=1S/C13H22N4O2/c1-19-9-12-15-11(14)8-13(16-12)17-6-2-4-10(17)5-3-7-18/h8,10,18H,2-7,9H2,1H3,(H2,14,15,16). The van der Waals surface area contributed by atoms with Gasteiger partial charge in [-0.15, -0.1) is 0 Å². The summed E-state index contributed by atoms with van der Waals surface area (Å²) in [5, 5.41) is 8.96. The molecule has 2 rings (SSSR count). The number of nitrogen functional groups attached to an aromatic ring is 1. The number of nitrogens with zero attached hydrogens (tertiary/aromatic N) is 3. The highest BCUT2D eigenvalue weighted by molar-refractivity contribution is 5.48. The Balaban J connectivity index is 2.15. The van der Waals surface area contributed by atoms with Crippen LogP contribution in [0.2, 0.25) is 0 Å². The average molecular weight is 266 g/mol. The highest BCUT2D eigenvalue weighted by Crippen LogP contribution is 2.27. The van der Waals surface area contributed by atoms with Crippen LogP contribution >= 0.6 is 0 Å². The van der Waals surface area contributed by atoms with Crippen LogP contribution in [-0.2, 0) is 11.3 Å². The normalized spacial score (nSPS) is 19.1. The first-order chi connectivity index (χ1) is 9.24. The molecule has 6 heteroatoms. The molecule has 2 heterocycles. The molecule has 1 aliphatic heterocycles. The largest absolute Gasteiger partial charge is 0.396 e. The molecule has 6 nitrogen and oxygen atoms in total. The van der Waals surface area contributed by atoms with Crippen LogP contribution in [0.5, 0.6) is 0 Å². The fraction of sp³-hybridized carbons (Fsp3) is 0.692. The van der Waals surface area contributed by atoms with Crippen LogP contribution < -0.4 is 10.6 Å². The van der Waals surface area contributed by atoms with E-state index in [0.29, 0.717) is 24.3 Å². The summed E-state index contributed by atoms with van der Waals surface area (Å²) in [6, 6.07) is 2.26. The Morgan fingerprint density at radius 1 is 1.53 bits per heavy atom. The second kappa shape index (κ2) is 6.68. The van der Waals surface area contributed by atoms with Gasteiger partial charge in [0.2, 0.25) is 0 Å².